The van der Waals surface area contributed by atoms with Crippen LogP contribution in [0.4, 0.5) is 0 Å². The van der Waals surface area contributed by atoms with Gasteiger partial charge >= 0.3 is 5.97 Å². The van der Waals surface area contributed by atoms with Gasteiger partial charge in [-0.25, -0.2) is 4.79 Å². The predicted octanol–water partition coefficient (Wildman–Crippen LogP) is 1.61. The van der Waals surface area contributed by atoms with Crippen molar-refractivity contribution in [3.8, 4) is 10.6 Å². The number of aromatic carboxylic acids is 1. The van der Waals surface area contributed by atoms with Crippen molar-refractivity contribution in [2.24, 2.45) is 0 Å². The van der Waals surface area contributed by atoms with Gasteiger partial charge in [0.15, 0.2) is 0 Å². The molecule has 2 aromatic heterocycles. The molecule has 0 aliphatic heterocycles. The number of hydrogen-bond acceptors (Lipinski definition) is 5. The molecule has 0 aliphatic rings. The molecule has 0 atom stereocenters. The van der Waals surface area contributed by atoms with Gasteiger partial charge < -0.3 is 5.11 Å². The molecule has 0 unspecified atom stereocenters. The summed E-state index contributed by atoms with van der Waals surface area (Å²) in [6, 6.07) is 1.84. The van der Waals surface area contributed by atoms with Gasteiger partial charge in [-0.05, 0) is 18.6 Å². The average molecular weight is 221 g/mol. The Hall–Kier alpha value is -1.82. The first-order valence-corrected chi connectivity index (χ1v) is 4.98. The summed E-state index contributed by atoms with van der Waals surface area (Å²) >= 11 is 1.05. The van der Waals surface area contributed by atoms with E-state index in [-0.39, 0.29) is 5.01 Å². The summed E-state index contributed by atoms with van der Waals surface area (Å²) in [6.07, 6.45) is 3.33. The number of pyridine rings is 1. The minimum absolute atomic E-state index is 0.00625. The van der Waals surface area contributed by atoms with E-state index in [2.05, 4.69) is 15.2 Å². The maximum Gasteiger partial charge on any atom is 0.367 e. The van der Waals surface area contributed by atoms with Crippen LogP contribution in [0.5, 0.6) is 0 Å². The second-order valence-corrected chi connectivity index (χ2v) is 3.89. The molecule has 0 radical (unpaired) electrons. The number of hydrogen-bond donors (Lipinski definition) is 1. The van der Waals surface area contributed by atoms with Crippen molar-refractivity contribution in [1.29, 1.82) is 0 Å². The molecule has 6 heteroatoms. The fraction of sp³-hybridized carbons (Fsp3) is 0.111. The molecule has 0 fully saturated rings. The number of nitrogens with zero attached hydrogens (tertiary/aromatic N) is 3. The number of aromatic nitrogens is 3. The molecular weight excluding hydrogens is 214 g/mol. The van der Waals surface area contributed by atoms with Crippen molar-refractivity contribution in [1.82, 2.24) is 15.2 Å². The fourth-order valence-electron chi connectivity index (χ4n) is 1.11. The van der Waals surface area contributed by atoms with Crippen LogP contribution in [0.1, 0.15) is 15.4 Å². The topological polar surface area (TPSA) is 76.0 Å². The van der Waals surface area contributed by atoms with Crippen LogP contribution in [0.2, 0.25) is 0 Å². The van der Waals surface area contributed by atoms with Gasteiger partial charge in [0.1, 0.15) is 5.01 Å². The van der Waals surface area contributed by atoms with E-state index in [9.17, 15) is 4.79 Å². The van der Waals surface area contributed by atoms with Crippen LogP contribution in [0, 0.1) is 6.92 Å². The van der Waals surface area contributed by atoms with Gasteiger partial charge in [-0.3, -0.25) is 4.98 Å². The Balaban J connectivity index is 2.46. The van der Waals surface area contributed by atoms with Crippen LogP contribution < -0.4 is 0 Å². The molecule has 5 nitrogen and oxygen atoms in total. The van der Waals surface area contributed by atoms with Gasteiger partial charge in [-0.15, -0.1) is 10.2 Å². The molecule has 0 bridgehead atoms. The Morgan fingerprint density at radius 2 is 2.27 bits per heavy atom. The van der Waals surface area contributed by atoms with Gasteiger partial charge in [-0.2, -0.15) is 0 Å². The van der Waals surface area contributed by atoms with E-state index in [0.29, 0.717) is 5.01 Å². The van der Waals surface area contributed by atoms with E-state index >= 15 is 0 Å². The van der Waals surface area contributed by atoms with E-state index in [4.69, 9.17) is 5.11 Å². The highest BCUT2D eigenvalue weighted by atomic mass is 32.1. The van der Waals surface area contributed by atoms with Crippen LogP contribution in [0.3, 0.4) is 0 Å². The summed E-state index contributed by atoms with van der Waals surface area (Å²) in [6.45, 7) is 1.92. The lowest BCUT2D eigenvalue weighted by molar-refractivity contribution is 0.0695. The first-order chi connectivity index (χ1) is 7.18. The normalized spacial score (nSPS) is 10.2. The molecule has 0 aromatic carbocycles. The van der Waals surface area contributed by atoms with Crippen molar-refractivity contribution in [2.45, 2.75) is 6.92 Å². The minimum Gasteiger partial charge on any atom is -0.476 e. The quantitative estimate of drug-likeness (QED) is 0.833. The van der Waals surface area contributed by atoms with Gasteiger partial charge in [-0.1, -0.05) is 11.3 Å². The van der Waals surface area contributed by atoms with Crippen LogP contribution in [0.15, 0.2) is 18.5 Å². The van der Waals surface area contributed by atoms with Crippen LogP contribution in [-0.2, 0) is 0 Å². The molecule has 0 spiro atoms. The first kappa shape index (κ1) is 9.72. The summed E-state index contributed by atoms with van der Waals surface area (Å²) in [4.78, 5) is 14.6. The average Bonchev–Trinajstić information content (AvgIpc) is 2.67. The Labute approximate surface area is 89.4 Å². The van der Waals surface area contributed by atoms with Crippen LogP contribution >= 0.6 is 11.3 Å². The molecule has 1 N–H and O–H groups in total. The van der Waals surface area contributed by atoms with Crippen molar-refractivity contribution in [3.63, 3.8) is 0 Å². The summed E-state index contributed by atoms with van der Waals surface area (Å²) < 4.78 is 0. The maximum absolute atomic E-state index is 10.6. The molecule has 76 valence electrons. The number of aryl methyl sites for hydroxylation is 1. The number of carboxylic acid groups (broad SMARTS) is 1. The fourth-order valence-corrected chi connectivity index (χ4v) is 1.86. The zero-order valence-electron chi connectivity index (χ0n) is 7.84. The van der Waals surface area contributed by atoms with Crippen LogP contribution in [0.25, 0.3) is 10.6 Å². The zero-order valence-corrected chi connectivity index (χ0v) is 8.65. The smallest absolute Gasteiger partial charge is 0.367 e. The Kier molecular flexibility index (Phi) is 2.42. The Bertz CT molecular complexity index is 510. The van der Waals surface area contributed by atoms with E-state index in [1.807, 2.05) is 13.0 Å². The van der Waals surface area contributed by atoms with Gasteiger partial charge in [0.05, 0.1) is 0 Å². The van der Waals surface area contributed by atoms with Crippen molar-refractivity contribution < 1.29 is 9.90 Å². The Morgan fingerprint density at radius 1 is 1.47 bits per heavy atom. The van der Waals surface area contributed by atoms with Crippen molar-refractivity contribution >= 4 is 17.3 Å². The zero-order chi connectivity index (χ0) is 10.8. The summed E-state index contributed by atoms with van der Waals surface area (Å²) in [7, 11) is 0. The van der Waals surface area contributed by atoms with E-state index < -0.39 is 5.97 Å². The summed E-state index contributed by atoms with van der Waals surface area (Å²) in [5, 5.41) is 16.7. The third kappa shape index (κ3) is 1.84. The van der Waals surface area contributed by atoms with Gasteiger partial charge in [0.25, 0.3) is 0 Å². The molecule has 15 heavy (non-hydrogen) atoms. The molecule has 2 heterocycles. The third-order valence-electron chi connectivity index (χ3n) is 1.88. The molecule has 0 saturated heterocycles. The van der Waals surface area contributed by atoms with E-state index in [1.165, 1.54) is 0 Å². The van der Waals surface area contributed by atoms with E-state index in [1.54, 1.807) is 12.4 Å². The molecular formula is C9H7N3O2S. The molecule has 2 aromatic rings. The summed E-state index contributed by atoms with van der Waals surface area (Å²) in [5.74, 6) is -1.06. The van der Waals surface area contributed by atoms with Crippen LogP contribution in [-0.4, -0.2) is 26.3 Å². The summed E-state index contributed by atoms with van der Waals surface area (Å²) in [5.41, 5.74) is 1.82. The minimum atomic E-state index is -1.06. The first-order valence-electron chi connectivity index (χ1n) is 4.16. The maximum atomic E-state index is 10.6. The largest absolute Gasteiger partial charge is 0.476 e. The van der Waals surface area contributed by atoms with Crippen molar-refractivity contribution in [2.75, 3.05) is 0 Å². The number of carbonyl (C=O) groups is 1. The standard InChI is InChI=1S/C9H7N3O2S/c1-5-2-3-10-4-6(5)7-11-12-8(15-7)9(13)14/h2-4H,1H3,(H,13,14). The van der Waals surface area contributed by atoms with Gasteiger partial charge in [0.2, 0.25) is 5.01 Å². The van der Waals surface area contributed by atoms with E-state index in [0.717, 1.165) is 22.5 Å². The number of carboxylic acids is 1. The van der Waals surface area contributed by atoms with Gasteiger partial charge in [0, 0.05) is 18.0 Å². The lowest BCUT2D eigenvalue weighted by Gasteiger charge is -1.97. The highest BCUT2D eigenvalue weighted by Gasteiger charge is 2.13. The monoisotopic (exact) mass is 221 g/mol. The third-order valence-corrected chi connectivity index (χ3v) is 2.82. The highest BCUT2D eigenvalue weighted by Crippen LogP contribution is 2.25. The van der Waals surface area contributed by atoms with Crippen molar-refractivity contribution in [3.05, 3.63) is 29.0 Å². The number of rotatable bonds is 2. The SMILES string of the molecule is Cc1ccncc1-c1nnc(C(=O)O)s1. The lowest BCUT2D eigenvalue weighted by Crippen LogP contribution is -1.93. The molecule has 0 aliphatic carbocycles. The molecule has 2 rings (SSSR count). The second-order valence-electron chi connectivity index (χ2n) is 2.91. The lowest BCUT2D eigenvalue weighted by atomic mass is 10.2. The second kappa shape index (κ2) is 3.74. The highest BCUT2D eigenvalue weighted by molar-refractivity contribution is 7.16. The predicted molar refractivity (Wildman–Crippen MR) is 54.8 cm³/mol. The molecule has 0 amide bonds. The molecule has 0 saturated carbocycles. The Morgan fingerprint density at radius 3 is 2.87 bits per heavy atom.